The molecule has 1 fully saturated rings. The maximum Gasteiger partial charge on any atom is 0.253 e. The second-order valence-electron chi connectivity index (χ2n) is 11.2. The molecule has 1 saturated heterocycles. The van der Waals surface area contributed by atoms with E-state index in [-0.39, 0.29) is 5.91 Å². The number of carbonyl (C=O) groups is 1. The molecule has 9 heteroatoms. The van der Waals surface area contributed by atoms with Crippen molar-refractivity contribution in [1.29, 1.82) is 0 Å². The summed E-state index contributed by atoms with van der Waals surface area (Å²) in [7, 11) is 3.17. The quantitative estimate of drug-likeness (QED) is 0.319. The molecule has 3 heterocycles. The lowest BCUT2D eigenvalue weighted by Crippen LogP contribution is -2.58. The number of aromatic amines is 1. The Balaban J connectivity index is 1.73. The summed E-state index contributed by atoms with van der Waals surface area (Å²) in [5, 5.41) is 11.1. The molecule has 2 aromatic carbocycles. The molecule has 0 bridgehead atoms. The molecular formula is C31H37N5O4. The van der Waals surface area contributed by atoms with Gasteiger partial charge in [-0.15, -0.1) is 0 Å². The summed E-state index contributed by atoms with van der Waals surface area (Å²) in [4.78, 5) is 28.3. The number of aliphatic hydroxyl groups is 1. The van der Waals surface area contributed by atoms with E-state index in [4.69, 9.17) is 25.2 Å². The first-order valence-corrected chi connectivity index (χ1v) is 13.5. The van der Waals surface area contributed by atoms with Crippen LogP contribution in [0.3, 0.4) is 0 Å². The summed E-state index contributed by atoms with van der Waals surface area (Å²) in [5.74, 6) is 1.74. The highest BCUT2D eigenvalue weighted by molar-refractivity contribution is 5.91. The van der Waals surface area contributed by atoms with E-state index in [2.05, 4.69) is 30.1 Å². The van der Waals surface area contributed by atoms with Gasteiger partial charge in [-0.3, -0.25) is 4.79 Å². The van der Waals surface area contributed by atoms with E-state index in [1.165, 1.54) is 13.8 Å². The number of likely N-dealkylation sites (tertiary alicyclic amines) is 1. The topological polar surface area (TPSA) is 127 Å². The number of amides is 1. The maximum absolute atomic E-state index is 13.0. The van der Waals surface area contributed by atoms with Crippen LogP contribution in [0.4, 0.5) is 5.82 Å². The predicted octanol–water partition coefficient (Wildman–Crippen LogP) is 4.19. The van der Waals surface area contributed by atoms with Crippen LogP contribution in [0.1, 0.15) is 50.7 Å². The lowest BCUT2D eigenvalue weighted by atomic mass is 9.54. The van der Waals surface area contributed by atoms with E-state index >= 15 is 0 Å². The summed E-state index contributed by atoms with van der Waals surface area (Å²) in [6.07, 6.45) is 3.15. The summed E-state index contributed by atoms with van der Waals surface area (Å²) >= 11 is 0. The lowest BCUT2D eigenvalue weighted by Gasteiger charge is -2.52. The number of hydrogen-bond acceptors (Lipinski definition) is 7. The molecule has 40 heavy (non-hydrogen) atoms. The smallest absolute Gasteiger partial charge is 0.253 e. The van der Waals surface area contributed by atoms with Crippen molar-refractivity contribution < 1.29 is 19.4 Å². The number of carbonyl (C=O) groups excluding carboxylic acids is 1. The van der Waals surface area contributed by atoms with Crippen molar-refractivity contribution in [3.8, 4) is 11.5 Å². The minimum Gasteiger partial charge on any atom is -0.493 e. The van der Waals surface area contributed by atoms with E-state index in [1.807, 2.05) is 36.5 Å². The highest BCUT2D eigenvalue weighted by atomic mass is 16.5. The molecular weight excluding hydrogens is 506 g/mol. The summed E-state index contributed by atoms with van der Waals surface area (Å²) < 4.78 is 11.0. The second-order valence-corrected chi connectivity index (χ2v) is 11.2. The number of methoxy groups -OCH3 is 2. The third-order valence-electron chi connectivity index (χ3n) is 8.53. The Bertz CT molecular complexity index is 1510. The summed E-state index contributed by atoms with van der Waals surface area (Å²) in [6, 6.07) is 18.0. The Labute approximate surface area is 234 Å². The highest BCUT2D eigenvalue weighted by Crippen LogP contribution is 2.53. The number of rotatable bonds is 7. The Morgan fingerprint density at radius 2 is 1.65 bits per heavy atom. The average molecular weight is 544 g/mol. The zero-order chi connectivity index (χ0) is 28.7. The number of H-pyrrole nitrogens is 1. The fraction of sp³-hybridized carbons (Fsp3) is 0.387. The molecule has 1 amide bonds. The SMILES string of the molecule is COc1cc2nc(C(C)(c3ccc[nH]3)C3(c4ccccc4)CCN(C(=O)C(C)(C)O)CC3)nc(N)c2cc1OC. The number of aromatic nitrogens is 3. The van der Waals surface area contributed by atoms with Gasteiger partial charge in [-0.2, -0.15) is 0 Å². The van der Waals surface area contributed by atoms with Gasteiger partial charge in [0.2, 0.25) is 0 Å². The Morgan fingerprint density at radius 1 is 1.00 bits per heavy atom. The van der Waals surface area contributed by atoms with E-state index in [0.29, 0.717) is 60.0 Å². The molecule has 1 aliphatic heterocycles. The molecule has 4 N–H and O–H groups in total. The van der Waals surface area contributed by atoms with Crippen molar-refractivity contribution in [2.24, 2.45) is 0 Å². The van der Waals surface area contributed by atoms with Crippen molar-refractivity contribution in [1.82, 2.24) is 19.9 Å². The van der Waals surface area contributed by atoms with Crippen LogP contribution in [-0.2, 0) is 15.6 Å². The number of fused-ring (bicyclic) bond motifs is 1. The second kappa shape index (κ2) is 10.1. The Hall–Kier alpha value is -4.11. The summed E-state index contributed by atoms with van der Waals surface area (Å²) in [6.45, 7) is 6.17. The molecule has 9 nitrogen and oxygen atoms in total. The predicted molar refractivity (Wildman–Crippen MR) is 155 cm³/mol. The van der Waals surface area contributed by atoms with Crippen LogP contribution in [0.2, 0.25) is 0 Å². The molecule has 4 aromatic rings. The standard InChI is InChI=1S/C31H37N5O4/c1-29(2,38)28(37)36-16-13-31(14-17-36,20-10-7-6-8-11-20)30(3,25-12-9-15-33-25)27-34-22-19-24(40-5)23(39-4)18-21(22)26(32)35-27/h6-12,15,18-19,33,38H,13-14,16-17H2,1-5H3,(H2,32,34,35). The van der Waals surface area contributed by atoms with Crippen LogP contribution in [0, 0.1) is 0 Å². The number of nitrogens with one attached hydrogen (secondary N) is 1. The van der Waals surface area contributed by atoms with Gasteiger partial charge < -0.3 is 30.2 Å². The van der Waals surface area contributed by atoms with Gasteiger partial charge in [-0.25, -0.2) is 9.97 Å². The van der Waals surface area contributed by atoms with Crippen molar-refractivity contribution in [2.45, 2.75) is 50.0 Å². The molecule has 210 valence electrons. The van der Waals surface area contributed by atoms with Crippen LogP contribution in [0.25, 0.3) is 10.9 Å². The van der Waals surface area contributed by atoms with Crippen molar-refractivity contribution in [3.63, 3.8) is 0 Å². The zero-order valence-corrected chi connectivity index (χ0v) is 23.7. The van der Waals surface area contributed by atoms with Crippen LogP contribution < -0.4 is 15.2 Å². The van der Waals surface area contributed by atoms with Gasteiger partial charge in [0.15, 0.2) is 11.5 Å². The fourth-order valence-corrected chi connectivity index (χ4v) is 6.25. The van der Waals surface area contributed by atoms with Crippen molar-refractivity contribution >= 4 is 22.6 Å². The molecule has 1 atom stereocenters. The number of ether oxygens (including phenoxy) is 2. The molecule has 0 spiro atoms. The molecule has 5 rings (SSSR count). The van der Waals surface area contributed by atoms with Gasteiger partial charge in [-0.05, 0) is 57.4 Å². The third kappa shape index (κ3) is 4.34. The first-order chi connectivity index (χ1) is 19.0. The van der Waals surface area contributed by atoms with E-state index in [1.54, 1.807) is 25.2 Å². The number of nitrogen functional groups attached to an aromatic ring is 1. The first kappa shape index (κ1) is 27.5. The van der Waals surface area contributed by atoms with Crippen LogP contribution >= 0.6 is 0 Å². The molecule has 0 radical (unpaired) electrons. The number of nitrogens with two attached hydrogens (primary N) is 1. The molecule has 1 unspecified atom stereocenters. The van der Waals surface area contributed by atoms with E-state index in [0.717, 1.165) is 11.3 Å². The minimum absolute atomic E-state index is 0.275. The average Bonchev–Trinajstić information content (AvgIpc) is 3.51. The van der Waals surface area contributed by atoms with Gasteiger partial charge in [-0.1, -0.05) is 30.3 Å². The molecule has 1 aliphatic rings. The van der Waals surface area contributed by atoms with Gasteiger partial charge >= 0.3 is 0 Å². The van der Waals surface area contributed by atoms with Gasteiger partial charge in [0.05, 0.1) is 25.2 Å². The fourth-order valence-electron chi connectivity index (χ4n) is 6.25. The molecule has 0 aliphatic carbocycles. The first-order valence-electron chi connectivity index (χ1n) is 13.5. The van der Waals surface area contributed by atoms with Crippen molar-refractivity contribution in [2.75, 3.05) is 33.0 Å². The molecule has 2 aromatic heterocycles. The third-order valence-corrected chi connectivity index (χ3v) is 8.53. The number of piperidine rings is 1. The normalized spacial score (nSPS) is 16.9. The van der Waals surface area contributed by atoms with Crippen molar-refractivity contribution in [3.05, 3.63) is 77.9 Å². The highest BCUT2D eigenvalue weighted by Gasteiger charge is 2.56. The zero-order valence-electron chi connectivity index (χ0n) is 23.7. The lowest BCUT2D eigenvalue weighted by molar-refractivity contribution is -0.149. The minimum atomic E-state index is -1.44. The Morgan fingerprint density at radius 3 is 2.23 bits per heavy atom. The van der Waals surface area contributed by atoms with Gasteiger partial charge in [0.25, 0.3) is 5.91 Å². The van der Waals surface area contributed by atoms with Gasteiger partial charge in [0.1, 0.15) is 17.2 Å². The van der Waals surface area contributed by atoms with Crippen LogP contribution in [0.5, 0.6) is 11.5 Å². The maximum atomic E-state index is 13.0. The van der Waals surface area contributed by atoms with Crippen LogP contribution in [-0.4, -0.2) is 63.8 Å². The number of nitrogens with zero attached hydrogens (tertiary/aromatic N) is 3. The number of benzene rings is 2. The van der Waals surface area contributed by atoms with E-state index in [9.17, 15) is 9.90 Å². The number of anilines is 1. The van der Waals surface area contributed by atoms with Gasteiger partial charge in [0, 0.05) is 41.8 Å². The largest absolute Gasteiger partial charge is 0.493 e. The number of hydrogen-bond donors (Lipinski definition) is 3. The van der Waals surface area contributed by atoms with E-state index < -0.39 is 16.4 Å². The monoisotopic (exact) mass is 543 g/mol. The summed E-state index contributed by atoms with van der Waals surface area (Å²) in [5.41, 5.74) is 6.61. The Kier molecular flexibility index (Phi) is 6.95. The van der Waals surface area contributed by atoms with Crippen LogP contribution in [0.15, 0.2) is 60.8 Å². The molecule has 0 saturated carbocycles.